The molecular weight excluding hydrogens is 378 g/mol. The third-order valence-electron chi connectivity index (χ3n) is 6.17. The summed E-state index contributed by atoms with van der Waals surface area (Å²) in [5, 5.41) is 7.42. The molecule has 6 nitrogen and oxygen atoms in total. The van der Waals surface area contributed by atoms with Crippen molar-refractivity contribution in [3.05, 3.63) is 0 Å². The van der Waals surface area contributed by atoms with E-state index in [-0.39, 0.29) is 30.7 Å². The Hall–Kier alpha value is -1.30. The van der Waals surface area contributed by atoms with E-state index in [1.54, 1.807) is 0 Å². The first-order valence-corrected chi connectivity index (χ1v) is 10.8. The van der Waals surface area contributed by atoms with Crippen LogP contribution < -0.4 is 23.0 Å². The molecule has 0 amide bonds. The van der Waals surface area contributed by atoms with Crippen molar-refractivity contribution in [3.63, 3.8) is 0 Å². The molecule has 1 saturated heterocycles. The van der Waals surface area contributed by atoms with Crippen molar-refractivity contribution >= 4 is 17.7 Å². The van der Waals surface area contributed by atoms with E-state index in [9.17, 15) is 9.59 Å². The smallest absolute Gasteiger partial charge is 0.346 e. The van der Waals surface area contributed by atoms with E-state index in [1.165, 1.54) is 51.4 Å². The molecule has 0 radical (unpaired) electrons. The number of carbonyl (C=O) groups is 2. The number of rotatable bonds is 9. The van der Waals surface area contributed by atoms with Crippen molar-refractivity contribution < 1.29 is 31.3 Å². The maximum atomic E-state index is 11.5. The number of hydrogen-bond acceptors (Lipinski definition) is 5. The SMILES string of the molecule is CC(=O)CC(=O)O[C@@H](C)CCCCC[C@@H]1C[C@@H]2CC[C@@H]3C[C@H](C)NC(=[N+]32)N1.[Cl-]. The first-order valence-electron chi connectivity index (χ1n) is 10.8. The molecule has 0 aromatic carbocycles. The second kappa shape index (κ2) is 10.5. The lowest BCUT2D eigenvalue weighted by Crippen LogP contribution is -3.00. The molecule has 0 unspecified atom stereocenters. The van der Waals surface area contributed by atoms with Gasteiger partial charge < -0.3 is 17.1 Å². The number of guanidine groups is 1. The number of carbonyl (C=O) groups excluding carboxylic acids is 2. The summed E-state index contributed by atoms with van der Waals surface area (Å²) in [4.78, 5) is 22.4. The topological polar surface area (TPSA) is 70.4 Å². The van der Waals surface area contributed by atoms with E-state index in [2.05, 4.69) is 22.1 Å². The predicted octanol–water partition coefficient (Wildman–Crippen LogP) is -0.505. The molecule has 7 heteroatoms. The average molecular weight is 414 g/mol. The molecule has 3 aliphatic heterocycles. The Labute approximate surface area is 175 Å². The molecule has 0 bridgehead atoms. The summed E-state index contributed by atoms with van der Waals surface area (Å²) in [7, 11) is 0. The van der Waals surface area contributed by atoms with E-state index in [0.29, 0.717) is 12.1 Å². The zero-order valence-electron chi connectivity index (χ0n) is 17.5. The minimum Gasteiger partial charge on any atom is -1.00 e. The van der Waals surface area contributed by atoms with Crippen molar-refractivity contribution in [2.45, 2.75) is 115 Å². The molecule has 5 atom stereocenters. The third kappa shape index (κ3) is 6.10. The van der Waals surface area contributed by atoms with Gasteiger partial charge in [0.1, 0.15) is 12.2 Å². The molecule has 160 valence electrons. The number of hydrogen-bond donors (Lipinski definition) is 2. The van der Waals surface area contributed by atoms with Crippen molar-refractivity contribution in [2.75, 3.05) is 0 Å². The number of Topliss-reactive ketones (excluding diaryl/α,β-unsaturated/α-hetero) is 1. The van der Waals surface area contributed by atoms with Gasteiger partial charge in [0.15, 0.2) is 0 Å². The largest absolute Gasteiger partial charge is 1.00 e. The zero-order chi connectivity index (χ0) is 19.4. The van der Waals surface area contributed by atoms with Gasteiger partial charge in [0.25, 0.3) is 0 Å². The summed E-state index contributed by atoms with van der Waals surface area (Å²) in [5.41, 5.74) is 0. The molecule has 0 aromatic rings. The van der Waals surface area contributed by atoms with E-state index in [0.717, 1.165) is 31.3 Å². The normalized spacial score (nSPS) is 29.1. The maximum absolute atomic E-state index is 11.5. The van der Waals surface area contributed by atoms with Crippen LogP contribution in [0, 0.1) is 0 Å². The van der Waals surface area contributed by atoms with Gasteiger partial charge in [-0.25, -0.2) is 0 Å². The van der Waals surface area contributed by atoms with Crippen LogP contribution in [0.25, 0.3) is 0 Å². The Bertz CT molecular complexity index is 595. The van der Waals surface area contributed by atoms with Crippen molar-refractivity contribution in [1.29, 1.82) is 0 Å². The molecule has 0 aromatic heterocycles. The second-order valence-corrected chi connectivity index (χ2v) is 8.82. The van der Waals surface area contributed by atoms with E-state index in [4.69, 9.17) is 4.74 Å². The van der Waals surface area contributed by atoms with Gasteiger partial charge >= 0.3 is 11.9 Å². The average Bonchev–Trinajstić information content (AvgIpc) is 2.97. The molecule has 0 aliphatic carbocycles. The molecule has 3 rings (SSSR count). The summed E-state index contributed by atoms with van der Waals surface area (Å²) < 4.78 is 7.89. The van der Waals surface area contributed by atoms with Crippen LogP contribution in [0.4, 0.5) is 0 Å². The van der Waals surface area contributed by atoms with Gasteiger partial charge in [-0.2, -0.15) is 0 Å². The Morgan fingerprint density at radius 1 is 1.14 bits per heavy atom. The second-order valence-electron chi connectivity index (χ2n) is 8.82. The Morgan fingerprint density at radius 2 is 1.86 bits per heavy atom. The van der Waals surface area contributed by atoms with Gasteiger partial charge in [0, 0.05) is 12.8 Å². The minimum absolute atomic E-state index is 0. The highest BCUT2D eigenvalue weighted by Crippen LogP contribution is 2.31. The zero-order valence-corrected chi connectivity index (χ0v) is 18.3. The van der Waals surface area contributed by atoms with Gasteiger partial charge in [-0.05, 0) is 52.9 Å². The minimum atomic E-state index is -0.396. The van der Waals surface area contributed by atoms with Gasteiger partial charge in [0.2, 0.25) is 0 Å². The number of unbranched alkanes of at least 4 members (excludes halogenated alkanes) is 2. The van der Waals surface area contributed by atoms with Crippen molar-refractivity contribution in [2.24, 2.45) is 0 Å². The summed E-state index contributed by atoms with van der Waals surface area (Å²) in [6.07, 6.45) is 10.5. The van der Waals surface area contributed by atoms with Crippen molar-refractivity contribution in [1.82, 2.24) is 10.6 Å². The number of nitrogens with one attached hydrogen (secondary N) is 2. The highest BCUT2D eigenvalue weighted by atomic mass is 35.5. The predicted molar refractivity (Wildman–Crippen MR) is 105 cm³/mol. The number of ketones is 1. The number of ether oxygens (including phenoxy) is 1. The lowest BCUT2D eigenvalue weighted by molar-refractivity contribution is -0.593. The fourth-order valence-corrected chi connectivity index (χ4v) is 4.98. The quantitative estimate of drug-likeness (QED) is 0.231. The van der Waals surface area contributed by atoms with Crippen LogP contribution in [0.5, 0.6) is 0 Å². The molecular formula is C21H36ClN3O3. The van der Waals surface area contributed by atoms with Crippen LogP contribution in [0.15, 0.2) is 0 Å². The molecule has 3 aliphatic rings. The number of nitrogens with zero attached hydrogens (tertiary/aromatic N) is 1. The number of halogens is 1. The third-order valence-corrected chi connectivity index (χ3v) is 6.17. The molecule has 28 heavy (non-hydrogen) atoms. The van der Waals surface area contributed by atoms with Crippen LogP contribution in [0.2, 0.25) is 0 Å². The van der Waals surface area contributed by atoms with Crippen molar-refractivity contribution in [3.8, 4) is 0 Å². The van der Waals surface area contributed by atoms with Gasteiger partial charge in [0.05, 0.1) is 30.3 Å². The lowest BCUT2D eigenvalue weighted by atomic mass is 9.97. The lowest BCUT2D eigenvalue weighted by Gasteiger charge is -2.35. The van der Waals surface area contributed by atoms with E-state index < -0.39 is 5.97 Å². The van der Waals surface area contributed by atoms with Crippen LogP contribution in [0.3, 0.4) is 0 Å². The summed E-state index contributed by atoms with van der Waals surface area (Å²) >= 11 is 0. The van der Waals surface area contributed by atoms with E-state index in [1.807, 2.05) is 6.92 Å². The van der Waals surface area contributed by atoms with Gasteiger partial charge in [-0.15, -0.1) is 0 Å². The Morgan fingerprint density at radius 3 is 2.57 bits per heavy atom. The summed E-state index contributed by atoms with van der Waals surface area (Å²) in [6.45, 7) is 5.61. The maximum Gasteiger partial charge on any atom is 0.346 e. The monoisotopic (exact) mass is 413 g/mol. The first kappa shape index (κ1) is 23.0. The standard InChI is InChI=1S/C21H35N3O3.ClH/c1-14-11-18-9-10-19-13-17(23-21(22-14)24(18)19)8-6-4-5-7-16(3)27-20(26)12-15(2)25;/h14,16-19H,4-13H2,1-3H3,(H,22,23);1H/t14-,16-,17+,18+,19-;/m0./s1. The fraction of sp³-hybridized carbons (Fsp3) is 0.857. The Kier molecular flexibility index (Phi) is 8.59. The van der Waals surface area contributed by atoms with E-state index >= 15 is 0 Å². The summed E-state index contributed by atoms with van der Waals surface area (Å²) in [6, 6.07) is 2.60. The van der Waals surface area contributed by atoms with Crippen LogP contribution in [0.1, 0.15) is 85.0 Å². The highest BCUT2D eigenvalue weighted by Gasteiger charge is 2.44. The van der Waals surface area contributed by atoms with Crippen LogP contribution >= 0.6 is 0 Å². The van der Waals surface area contributed by atoms with Gasteiger partial charge in [-0.1, -0.05) is 12.8 Å². The van der Waals surface area contributed by atoms with Crippen LogP contribution in [-0.2, 0) is 14.3 Å². The van der Waals surface area contributed by atoms with Gasteiger partial charge in [-0.3, -0.25) is 24.8 Å². The highest BCUT2D eigenvalue weighted by molar-refractivity contribution is 5.94. The fourth-order valence-electron chi connectivity index (χ4n) is 4.98. The summed E-state index contributed by atoms with van der Waals surface area (Å²) in [5.74, 6) is 0.745. The molecule has 3 heterocycles. The first-order chi connectivity index (χ1) is 12.9. The number of esters is 1. The Balaban J connectivity index is 0.00000280. The molecule has 1 fully saturated rings. The van der Waals surface area contributed by atoms with Crippen LogP contribution in [-0.4, -0.2) is 52.6 Å². The molecule has 2 N–H and O–H groups in total. The molecule has 0 saturated carbocycles. The molecule has 0 spiro atoms.